The van der Waals surface area contributed by atoms with Crippen molar-refractivity contribution in [2.45, 2.75) is 39.8 Å². The van der Waals surface area contributed by atoms with Crippen LogP contribution in [-0.4, -0.2) is 10.2 Å². The molecule has 102 valence electrons. The molecule has 3 nitrogen and oxygen atoms in total. The predicted molar refractivity (Wildman–Crippen MR) is 78.8 cm³/mol. The lowest BCUT2D eigenvalue weighted by Gasteiger charge is -2.14. The number of benzene rings is 1. The Bertz CT molecular complexity index is 471. The molecule has 0 spiro atoms. The van der Waals surface area contributed by atoms with Gasteiger partial charge in [-0.2, -0.15) is 5.10 Å². The van der Waals surface area contributed by atoms with E-state index in [9.17, 15) is 0 Å². The van der Waals surface area contributed by atoms with Crippen molar-refractivity contribution < 1.29 is 0 Å². The molecule has 0 saturated carbocycles. The highest BCUT2D eigenvalue weighted by atomic mass is 15.1. The van der Waals surface area contributed by atoms with Crippen molar-refractivity contribution in [3.8, 4) is 0 Å². The Morgan fingerprint density at radius 2 is 1.84 bits per heavy atom. The first kappa shape index (κ1) is 13.8. The van der Waals surface area contributed by atoms with Crippen molar-refractivity contribution >= 4 is 0 Å². The summed E-state index contributed by atoms with van der Waals surface area (Å²) in [5.74, 6) is 0.710. The molecular formula is C16H23N3. The normalized spacial score (nSPS) is 12.8. The third-order valence-electron chi connectivity index (χ3n) is 3.28. The van der Waals surface area contributed by atoms with Crippen LogP contribution in [0.1, 0.15) is 43.6 Å². The van der Waals surface area contributed by atoms with E-state index in [4.69, 9.17) is 0 Å². The number of aromatic nitrogens is 2. The zero-order valence-corrected chi connectivity index (χ0v) is 12.0. The molecule has 2 aromatic rings. The molecule has 19 heavy (non-hydrogen) atoms. The quantitative estimate of drug-likeness (QED) is 0.832. The van der Waals surface area contributed by atoms with Crippen LogP contribution >= 0.6 is 0 Å². The van der Waals surface area contributed by atoms with Gasteiger partial charge in [-0.1, -0.05) is 38.1 Å². The Balaban J connectivity index is 1.90. The SMILES string of the molecule is CC(C)Cc1ccc(C(C)NCc2ccn[nH]2)cc1. The van der Waals surface area contributed by atoms with Crippen LogP contribution in [0.25, 0.3) is 0 Å². The Labute approximate surface area is 115 Å². The molecule has 1 atom stereocenters. The third kappa shape index (κ3) is 4.21. The molecule has 1 unspecified atom stereocenters. The highest BCUT2D eigenvalue weighted by Crippen LogP contribution is 2.15. The summed E-state index contributed by atoms with van der Waals surface area (Å²) in [4.78, 5) is 0. The molecule has 2 N–H and O–H groups in total. The van der Waals surface area contributed by atoms with Crippen molar-refractivity contribution in [1.82, 2.24) is 15.5 Å². The van der Waals surface area contributed by atoms with Crippen LogP contribution in [0, 0.1) is 5.92 Å². The van der Waals surface area contributed by atoms with E-state index in [0.717, 1.165) is 18.7 Å². The molecule has 0 amide bonds. The van der Waals surface area contributed by atoms with Gasteiger partial charge in [0.25, 0.3) is 0 Å². The summed E-state index contributed by atoms with van der Waals surface area (Å²) in [6.07, 6.45) is 2.93. The molecule has 3 heteroatoms. The zero-order chi connectivity index (χ0) is 13.7. The highest BCUT2D eigenvalue weighted by Gasteiger charge is 2.05. The Kier molecular flexibility index (Phi) is 4.74. The van der Waals surface area contributed by atoms with Gasteiger partial charge in [0.2, 0.25) is 0 Å². The maximum atomic E-state index is 3.95. The van der Waals surface area contributed by atoms with E-state index in [1.165, 1.54) is 11.1 Å². The topological polar surface area (TPSA) is 40.7 Å². The van der Waals surface area contributed by atoms with E-state index in [2.05, 4.69) is 60.6 Å². The summed E-state index contributed by atoms with van der Waals surface area (Å²) in [5.41, 5.74) is 3.86. The van der Waals surface area contributed by atoms with Gasteiger partial charge >= 0.3 is 0 Å². The number of H-pyrrole nitrogens is 1. The Morgan fingerprint density at radius 1 is 1.11 bits per heavy atom. The first-order valence-corrected chi connectivity index (χ1v) is 6.95. The second-order valence-electron chi connectivity index (χ2n) is 5.52. The van der Waals surface area contributed by atoms with Gasteiger partial charge in [-0.05, 0) is 36.5 Å². The minimum absolute atomic E-state index is 0.344. The second-order valence-corrected chi connectivity index (χ2v) is 5.52. The zero-order valence-electron chi connectivity index (χ0n) is 12.0. The van der Waals surface area contributed by atoms with Gasteiger partial charge in [-0.3, -0.25) is 5.10 Å². The van der Waals surface area contributed by atoms with Crippen molar-refractivity contribution in [2.75, 3.05) is 0 Å². The van der Waals surface area contributed by atoms with Gasteiger partial charge in [-0.25, -0.2) is 0 Å². The molecular weight excluding hydrogens is 234 g/mol. The van der Waals surface area contributed by atoms with Gasteiger partial charge in [0.15, 0.2) is 0 Å². The molecule has 2 rings (SSSR count). The summed E-state index contributed by atoms with van der Waals surface area (Å²) >= 11 is 0. The van der Waals surface area contributed by atoms with Crippen LogP contribution in [0.2, 0.25) is 0 Å². The van der Waals surface area contributed by atoms with Crippen LogP contribution in [0.15, 0.2) is 36.5 Å². The maximum absolute atomic E-state index is 3.95. The van der Waals surface area contributed by atoms with Crippen LogP contribution in [0.5, 0.6) is 0 Å². The number of nitrogens with one attached hydrogen (secondary N) is 2. The molecule has 0 radical (unpaired) electrons. The first-order chi connectivity index (χ1) is 9.15. The molecule has 0 aliphatic rings. The molecule has 0 saturated heterocycles. The molecule has 1 aromatic heterocycles. The average molecular weight is 257 g/mol. The van der Waals surface area contributed by atoms with Crippen LogP contribution in [-0.2, 0) is 13.0 Å². The van der Waals surface area contributed by atoms with Crippen molar-refractivity contribution in [1.29, 1.82) is 0 Å². The Morgan fingerprint density at radius 3 is 2.42 bits per heavy atom. The first-order valence-electron chi connectivity index (χ1n) is 6.95. The van der Waals surface area contributed by atoms with E-state index in [1.807, 2.05) is 6.07 Å². The molecule has 1 heterocycles. The van der Waals surface area contributed by atoms with Crippen molar-refractivity contribution in [3.05, 3.63) is 53.3 Å². The summed E-state index contributed by atoms with van der Waals surface area (Å²) in [6.45, 7) is 7.51. The lowest BCUT2D eigenvalue weighted by molar-refractivity contribution is 0.566. The standard InChI is InChI=1S/C16H23N3/c1-12(2)10-14-4-6-15(7-5-14)13(3)17-11-16-8-9-18-19-16/h4-9,12-13,17H,10-11H2,1-3H3,(H,18,19). The van der Waals surface area contributed by atoms with Gasteiger partial charge in [0.1, 0.15) is 0 Å². The molecule has 1 aromatic carbocycles. The minimum Gasteiger partial charge on any atom is -0.305 e. The van der Waals surface area contributed by atoms with E-state index in [-0.39, 0.29) is 0 Å². The van der Waals surface area contributed by atoms with Crippen molar-refractivity contribution in [3.63, 3.8) is 0 Å². The van der Waals surface area contributed by atoms with Crippen LogP contribution in [0.3, 0.4) is 0 Å². The number of hydrogen-bond acceptors (Lipinski definition) is 2. The fourth-order valence-electron chi connectivity index (χ4n) is 2.18. The average Bonchev–Trinajstić information content (AvgIpc) is 2.89. The number of aromatic amines is 1. The highest BCUT2D eigenvalue weighted by molar-refractivity contribution is 5.25. The summed E-state index contributed by atoms with van der Waals surface area (Å²) in [5, 5.41) is 10.4. The molecule has 0 bridgehead atoms. The summed E-state index contributed by atoms with van der Waals surface area (Å²) in [7, 11) is 0. The fraction of sp³-hybridized carbons (Fsp3) is 0.438. The maximum Gasteiger partial charge on any atom is 0.0490 e. The minimum atomic E-state index is 0.344. The summed E-state index contributed by atoms with van der Waals surface area (Å²) in [6, 6.07) is 11.3. The van der Waals surface area contributed by atoms with Crippen LogP contribution in [0.4, 0.5) is 0 Å². The lowest BCUT2D eigenvalue weighted by atomic mass is 10.00. The number of nitrogens with zero attached hydrogens (tertiary/aromatic N) is 1. The predicted octanol–water partition coefficient (Wildman–Crippen LogP) is 3.46. The van der Waals surface area contributed by atoms with E-state index in [0.29, 0.717) is 12.0 Å². The number of hydrogen-bond donors (Lipinski definition) is 2. The van der Waals surface area contributed by atoms with Crippen molar-refractivity contribution in [2.24, 2.45) is 5.92 Å². The van der Waals surface area contributed by atoms with Crippen LogP contribution < -0.4 is 5.32 Å². The molecule has 0 aliphatic heterocycles. The van der Waals surface area contributed by atoms with E-state index < -0.39 is 0 Å². The lowest BCUT2D eigenvalue weighted by Crippen LogP contribution is -2.18. The monoisotopic (exact) mass is 257 g/mol. The summed E-state index contributed by atoms with van der Waals surface area (Å²) < 4.78 is 0. The van der Waals surface area contributed by atoms with Gasteiger partial charge in [0, 0.05) is 24.5 Å². The smallest absolute Gasteiger partial charge is 0.0490 e. The van der Waals surface area contributed by atoms with Gasteiger partial charge < -0.3 is 5.32 Å². The van der Waals surface area contributed by atoms with E-state index >= 15 is 0 Å². The molecule has 0 aliphatic carbocycles. The van der Waals surface area contributed by atoms with Gasteiger partial charge in [0.05, 0.1) is 0 Å². The van der Waals surface area contributed by atoms with Gasteiger partial charge in [-0.15, -0.1) is 0 Å². The number of rotatable bonds is 6. The van der Waals surface area contributed by atoms with E-state index in [1.54, 1.807) is 6.20 Å². The largest absolute Gasteiger partial charge is 0.305 e. The second kappa shape index (κ2) is 6.53. The molecule has 0 fully saturated rings. The fourth-order valence-corrected chi connectivity index (χ4v) is 2.18. The third-order valence-corrected chi connectivity index (χ3v) is 3.28. The Hall–Kier alpha value is -1.61.